The minimum Gasteiger partial charge on any atom is -0.435 e. The lowest BCUT2D eigenvalue weighted by Crippen LogP contribution is -2.05. The average molecular weight is 337 g/mol. The van der Waals surface area contributed by atoms with Gasteiger partial charge in [-0.15, -0.1) is 4.80 Å². The summed E-state index contributed by atoms with van der Waals surface area (Å²) >= 11 is 6.24. The minimum absolute atomic E-state index is 0.110. The molecule has 0 amide bonds. The van der Waals surface area contributed by atoms with Crippen LogP contribution < -0.4 is 4.74 Å². The molecule has 0 aliphatic rings. The van der Waals surface area contributed by atoms with Crippen molar-refractivity contribution >= 4 is 11.6 Å². The van der Waals surface area contributed by atoms with Crippen LogP contribution in [0.4, 0.5) is 8.78 Å². The highest BCUT2D eigenvalue weighted by Crippen LogP contribution is 2.25. The van der Waals surface area contributed by atoms with Crippen molar-refractivity contribution in [3.8, 4) is 11.4 Å². The molecule has 3 rings (SSSR count). The fraction of sp³-hybridized carbons (Fsp3) is 0.133. The first-order chi connectivity index (χ1) is 11.1. The number of nitrogens with zero attached hydrogens (tertiary/aromatic N) is 4. The van der Waals surface area contributed by atoms with Crippen molar-refractivity contribution in [1.29, 1.82) is 0 Å². The van der Waals surface area contributed by atoms with Crippen LogP contribution in [0.2, 0.25) is 5.02 Å². The van der Waals surface area contributed by atoms with Crippen molar-refractivity contribution in [2.24, 2.45) is 0 Å². The number of pyridine rings is 1. The number of aromatic nitrogens is 4. The van der Waals surface area contributed by atoms with Crippen molar-refractivity contribution in [2.75, 3.05) is 0 Å². The smallest absolute Gasteiger partial charge is 0.387 e. The van der Waals surface area contributed by atoms with E-state index in [9.17, 15) is 8.78 Å². The second-order valence-corrected chi connectivity index (χ2v) is 5.04. The molecule has 2 heterocycles. The maximum Gasteiger partial charge on any atom is 0.387 e. The number of rotatable bonds is 5. The summed E-state index contributed by atoms with van der Waals surface area (Å²) in [6, 6.07) is 6.38. The van der Waals surface area contributed by atoms with Crippen LogP contribution in [0.25, 0.3) is 5.69 Å². The maximum absolute atomic E-state index is 12.2. The summed E-state index contributed by atoms with van der Waals surface area (Å²) in [6.07, 6.45) is 6.75. The molecule has 0 aliphatic heterocycles. The zero-order chi connectivity index (χ0) is 16.2. The van der Waals surface area contributed by atoms with Crippen LogP contribution in [-0.2, 0) is 6.42 Å². The molecule has 0 atom stereocenters. The molecule has 0 fully saturated rings. The van der Waals surface area contributed by atoms with Gasteiger partial charge in [0.15, 0.2) is 0 Å². The number of hydrogen-bond acceptors (Lipinski definition) is 4. The van der Waals surface area contributed by atoms with Gasteiger partial charge in [0.1, 0.15) is 11.4 Å². The summed E-state index contributed by atoms with van der Waals surface area (Å²) in [5, 5.41) is 8.64. The number of benzene rings is 1. The molecule has 0 aliphatic carbocycles. The lowest BCUT2D eigenvalue weighted by Gasteiger charge is -2.11. The van der Waals surface area contributed by atoms with Crippen LogP contribution in [0.3, 0.4) is 0 Å². The van der Waals surface area contributed by atoms with E-state index in [0.29, 0.717) is 17.1 Å². The van der Waals surface area contributed by atoms with Gasteiger partial charge in [-0.1, -0.05) is 23.7 Å². The Hall–Kier alpha value is -2.54. The molecule has 118 valence electrons. The summed E-state index contributed by atoms with van der Waals surface area (Å²) in [7, 11) is 0. The highest BCUT2D eigenvalue weighted by atomic mass is 35.5. The molecule has 2 aromatic heterocycles. The Morgan fingerprint density at radius 2 is 1.78 bits per heavy atom. The van der Waals surface area contributed by atoms with Crippen LogP contribution >= 0.6 is 11.6 Å². The SMILES string of the molecule is FC(F)Oc1ccc(Cc2c(Cl)cncc2-n2nccn2)cc1. The van der Waals surface area contributed by atoms with E-state index >= 15 is 0 Å². The molecule has 0 unspecified atom stereocenters. The molecule has 0 bridgehead atoms. The van der Waals surface area contributed by atoms with Crippen molar-refractivity contribution in [3.05, 3.63) is 65.2 Å². The molecule has 3 aromatic rings. The van der Waals surface area contributed by atoms with Gasteiger partial charge in [-0.3, -0.25) is 4.98 Å². The summed E-state index contributed by atoms with van der Waals surface area (Å²) in [6.45, 7) is -2.84. The molecule has 0 saturated carbocycles. The van der Waals surface area contributed by atoms with Crippen LogP contribution in [0.15, 0.2) is 49.1 Å². The Labute approximate surface area is 135 Å². The topological polar surface area (TPSA) is 52.8 Å². The monoisotopic (exact) mass is 336 g/mol. The van der Waals surface area contributed by atoms with Crippen LogP contribution in [-0.4, -0.2) is 26.6 Å². The predicted molar refractivity (Wildman–Crippen MR) is 80.0 cm³/mol. The van der Waals surface area contributed by atoms with E-state index in [4.69, 9.17) is 11.6 Å². The summed E-state index contributed by atoms with van der Waals surface area (Å²) in [4.78, 5) is 5.49. The van der Waals surface area contributed by atoms with E-state index in [1.54, 1.807) is 30.7 Å². The largest absolute Gasteiger partial charge is 0.435 e. The van der Waals surface area contributed by atoms with Gasteiger partial charge in [0, 0.05) is 18.2 Å². The Morgan fingerprint density at radius 1 is 1.09 bits per heavy atom. The number of ether oxygens (including phenoxy) is 1. The zero-order valence-electron chi connectivity index (χ0n) is 11.7. The lowest BCUT2D eigenvalue weighted by molar-refractivity contribution is -0.0498. The molecule has 0 spiro atoms. The molecular weight excluding hydrogens is 326 g/mol. The molecule has 5 nitrogen and oxygen atoms in total. The average Bonchev–Trinajstić information content (AvgIpc) is 3.05. The van der Waals surface area contributed by atoms with E-state index in [2.05, 4.69) is 19.9 Å². The molecular formula is C15H11ClF2N4O. The predicted octanol–water partition coefficient (Wildman–Crippen LogP) is 3.51. The van der Waals surface area contributed by atoms with Gasteiger partial charge in [-0.25, -0.2) is 0 Å². The molecule has 23 heavy (non-hydrogen) atoms. The number of halogens is 3. The van der Waals surface area contributed by atoms with E-state index in [1.165, 1.54) is 23.1 Å². The second-order valence-electron chi connectivity index (χ2n) is 4.64. The third-order valence-electron chi connectivity index (χ3n) is 3.15. The normalized spacial score (nSPS) is 11.0. The lowest BCUT2D eigenvalue weighted by atomic mass is 10.0. The number of alkyl halides is 2. The van der Waals surface area contributed by atoms with Gasteiger partial charge in [0.2, 0.25) is 0 Å². The molecule has 0 saturated heterocycles. The van der Waals surface area contributed by atoms with Crippen LogP contribution in [0.5, 0.6) is 5.75 Å². The first kappa shape index (κ1) is 15.4. The van der Waals surface area contributed by atoms with Crippen LogP contribution in [0, 0.1) is 0 Å². The standard InChI is InChI=1S/C15H11ClF2N4O/c16-13-8-19-9-14(22-20-5-6-21-22)12(13)7-10-1-3-11(4-2-10)23-15(17)18/h1-6,8-9,15H,7H2. The van der Waals surface area contributed by atoms with Gasteiger partial charge in [-0.05, 0) is 17.7 Å². The third-order valence-corrected chi connectivity index (χ3v) is 3.47. The van der Waals surface area contributed by atoms with E-state index in [-0.39, 0.29) is 5.75 Å². The second kappa shape index (κ2) is 6.70. The van der Waals surface area contributed by atoms with E-state index in [1.807, 2.05) is 0 Å². The summed E-state index contributed by atoms with van der Waals surface area (Å²) in [5.41, 5.74) is 2.34. The van der Waals surface area contributed by atoms with Gasteiger partial charge < -0.3 is 4.74 Å². The Balaban J connectivity index is 1.88. The summed E-state index contributed by atoms with van der Waals surface area (Å²) in [5.74, 6) is 0.110. The summed E-state index contributed by atoms with van der Waals surface area (Å²) < 4.78 is 28.7. The highest BCUT2D eigenvalue weighted by molar-refractivity contribution is 6.31. The molecule has 1 aromatic carbocycles. The zero-order valence-corrected chi connectivity index (χ0v) is 12.5. The first-order valence-corrected chi connectivity index (χ1v) is 7.04. The quantitative estimate of drug-likeness (QED) is 0.715. The number of hydrogen-bond donors (Lipinski definition) is 0. The minimum atomic E-state index is -2.84. The Morgan fingerprint density at radius 3 is 2.43 bits per heavy atom. The van der Waals surface area contributed by atoms with Gasteiger partial charge in [0.25, 0.3) is 0 Å². The Bertz CT molecular complexity index is 779. The highest BCUT2D eigenvalue weighted by Gasteiger charge is 2.12. The molecule has 0 radical (unpaired) electrons. The van der Waals surface area contributed by atoms with Crippen molar-refractivity contribution in [1.82, 2.24) is 20.0 Å². The first-order valence-electron chi connectivity index (χ1n) is 6.66. The van der Waals surface area contributed by atoms with Gasteiger partial charge in [0.05, 0.1) is 23.6 Å². The molecule has 0 N–H and O–H groups in total. The molecule has 8 heteroatoms. The van der Waals surface area contributed by atoms with E-state index in [0.717, 1.165) is 11.1 Å². The third kappa shape index (κ3) is 3.62. The van der Waals surface area contributed by atoms with Crippen LogP contribution in [0.1, 0.15) is 11.1 Å². The van der Waals surface area contributed by atoms with Crippen molar-refractivity contribution in [2.45, 2.75) is 13.0 Å². The van der Waals surface area contributed by atoms with Crippen molar-refractivity contribution < 1.29 is 13.5 Å². The van der Waals surface area contributed by atoms with Gasteiger partial charge in [-0.2, -0.15) is 19.0 Å². The van der Waals surface area contributed by atoms with Crippen molar-refractivity contribution in [3.63, 3.8) is 0 Å². The maximum atomic E-state index is 12.2. The fourth-order valence-corrected chi connectivity index (χ4v) is 2.35. The Kier molecular flexibility index (Phi) is 4.47. The van der Waals surface area contributed by atoms with Gasteiger partial charge >= 0.3 is 6.61 Å². The fourth-order valence-electron chi connectivity index (χ4n) is 2.13. The van der Waals surface area contributed by atoms with E-state index < -0.39 is 6.61 Å².